The highest BCUT2D eigenvalue weighted by atomic mass is 79.9. The van der Waals surface area contributed by atoms with E-state index in [1.807, 2.05) is 54.8 Å². The zero-order valence-electron chi connectivity index (χ0n) is 18.8. The van der Waals surface area contributed by atoms with Crippen molar-refractivity contribution >= 4 is 39.3 Å². The summed E-state index contributed by atoms with van der Waals surface area (Å²) in [5, 5.41) is 8.79. The van der Waals surface area contributed by atoms with E-state index in [1.54, 1.807) is 23.9 Å². The molecule has 6 nitrogen and oxygen atoms in total. The Morgan fingerprint density at radius 1 is 1.09 bits per heavy atom. The molecule has 0 amide bonds. The molecule has 2 aliphatic heterocycles. The topological polar surface area (TPSA) is 61.2 Å². The van der Waals surface area contributed by atoms with Crippen LogP contribution < -0.4 is 14.8 Å². The summed E-state index contributed by atoms with van der Waals surface area (Å²) in [4.78, 5) is 4.66. The van der Waals surface area contributed by atoms with E-state index in [4.69, 9.17) is 14.6 Å². The first-order chi connectivity index (χ1) is 17.1. The van der Waals surface area contributed by atoms with Crippen molar-refractivity contribution < 1.29 is 13.9 Å². The van der Waals surface area contributed by atoms with Crippen molar-refractivity contribution in [2.75, 3.05) is 18.7 Å². The number of hydrogen-bond donors (Lipinski definition) is 1. The van der Waals surface area contributed by atoms with Crippen LogP contribution >= 0.6 is 27.7 Å². The first-order valence-corrected chi connectivity index (χ1v) is 13.0. The number of anilines is 1. The number of aromatic nitrogens is 3. The second-order valence-electron chi connectivity index (χ2n) is 8.13. The van der Waals surface area contributed by atoms with Gasteiger partial charge in [-0.05, 0) is 42.7 Å². The molecule has 2 atom stereocenters. The molecule has 0 aliphatic carbocycles. The zero-order chi connectivity index (χ0) is 24.1. The van der Waals surface area contributed by atoms with E-state index in [2.05, 4.69) is 26.2 Å². The number of hydrogen-bond acceptors (Lipinski definition) is 6. The van der Waals surface area contributed by atoms with Gasteiger partial charge in [-0.25, -0.2) is 9.07 Å². The van der Waals surface area contributed by atoms with Crippen LogP contribution in [-0.2, 0) is 0 Å². The summed E-state index contributed by atoms with van der Waals surface area (Å²) in [6.45, 7) is 0. The van der Waals surface area contributed by atoms with Crippen molar-refractivity contribution in [3.63, 3.8) is 0 Å². The molecule has 0 spiro atoms. The Labute approximate surface area is 214 Å². The van der Waals surface area contributed by atoms with E-state index in [0.29, 0.717) is 22.4 Å². The van der Waals surface area contributed by atoms with Gasteiger partial charge in [0, 0.05) is 26.7 Å². The monoisotopic (exact) mass is 550 g/mol. The molecule has 0 bridgehead atoms. The Balaban J connectivity index is 1.67. The normalized spacial score (nSPS) is 18.2. The smallest absolute Gasteiger partial charge is 0.227 e. The van der Waals surface area contributed by atoms with Crippen LogP contribution in [0.25, 0.3) is 5.70 Å². The first kappa shape index (κ1) is 22.2. The number of fused-ring (bicyclic) bond motifs is 3. The summed E-state index contributed by atoms with van der Waals surface area (Å²) in [6, 6.07) is 19.8. The maximum atomic E-state index is 15.4. The van der Waals surface area contributed by atoms with Gasteiger partial charge in [-0.1, -0.05) is 58.0 Å². The standard InChI is InChI=1S/C26H20BrFN4O2S/c1-33-19-12-11-14(27)13-17(19)24-21-22(16-8-4-6-10-20(16)34-24)29-25-30-26(35-2)31-32(25)23(21)15-7-3-5-9-18(15)28/h3-13,23-24H,1-2H3,(H,29,30,31). The molecule has 9 heteroatoms. The van der Waals surface area contributed by atoms with Gasteiger partial charge in [-0.15, -0.1) is 5.10 Å². The Kier molecular flexibility index (Phi) is 5.53. The molecule has 0 saturated heterocycles. The summed E-state index contributed by atoms with van der Waals surface area (Å²) < 4.78 is 30.4. The van der Waals surface area contributed by atoms with Crippen molar-refractivity contribution in [3.8, 4) is 11.5 Å². The van der Waals surface area contributed by atoms with Gasteiger partial charge in [-0.3, -0.25) is 0 Å². The second-order valence-corrected chi connectivity index (χ2v) is 9.82. The Morgan fingerprint density at radius 2 is 1.89 bits per heavy atom. The lowest BCUT2D eigenvalue weighted by Crippen LogP contribution is -2.33. The van der Waals surface area contributed by atoms with Crippen molar-refractivity contribution in [3.05, 3.63) is 99.3 Å². The molecule has 35 heavy (non-hydrogen) atoms. The molecule has 0 saturated carbocycles. The molecule has 1 N–H and O–H groups in total. The fourth-order valence-corrected chi connectivity index (χ4v) is 5.43. The van der Waals surface area contributed by atoms with Crippen LogP contribution in [0, 0.1) is 5.82 Å². The van der Waals surface area contributed by atoms with Gasteiger partial charge >= 0.3 is 0 Å². The van der Waals surface area contributed by atoms with Crippen LogP contribution in [0.1, 0.15) is 28.8 Å². The minimum Gasteiger partial charge on any atom is -0.496 e. The van der Waals surface area contributed by atoms with Gasteiger partial charge in [0.2, 0.25) is 11.1 Å². The molecule has 2 unspecified atom stereocenters. The molecule has 176 valence electrons. The van der Waals surface area contributed by atoms with Crippen LogP contribution in [0.15, 0.2) is 81.9 Å². The average molecular weight is 551 g/mol. The highest BCUT2D eigenvalue weighted by Crippen LogP contribution is 2.52. The summed E-state index contributed by atoms with van der Waals surface area (Å²) >= 11 is 5.02. The van der Waals surface area contributed by atoms with E-state index < -0.39 is 12.1 Å². The van der Waals surface area contributed by atoms with Crippen LogP contribution in [-0.4, -0.2) is 28.1 Å². The third kappa shape index (κ3) is 3.61. The predicted molar refractivity (Wildman–Crippen MR) is 137 cm³/mol. The molecule has 1 aromatic heterocycles. The van der Waals surface area contributed by atoms with Gasteiger partial charge in [0.1, 0.15) is 23.4 Å². The Morgan fingerprint density at radius 3 is 2.69 bits per heavy atom. The summed E-state index contributed by atoms with van der Waals surface area (Å²) in [5.41, 5.74) is 3.85. The van der Waals surface area contributed by atoms with Gasteiger partial charge in [-0.2, -0.15) is 4.98 Å². The molecule has 4 aromatic rings. The average Bonchev–Trinajstić information content (AvgIpc) is 3.30. The quantitative estimate of drug-likeness (QED) is 0.294. The highest BCUT2D eigenvalue weighted by Gasteiger charge is 2.43. The van der Waals surface area contributed by atoms with Gasteiger partial charge in [0.15, 0.2) is 6.10 Å². The lowest BCUT2D eigenvalue weighted by atomic mass is 9.84. The lowest BCUT2D eigenvalue weighted by Gasteiger charge is -2.39. The summed E-state index contributed by atoms with van der Waals surface area (Å²) in [5.74, 6) is 1.62. The summed E-state index contributed by atoms with van der Waals surface area (Å²) in [7, 11) is 1.63. The maximum absolute atomic E-state index is 15.4. The van der Waals surface area contributed by atoms with Gasteiger partial charge < -0.3 is 14.8 Å². The first-order valence-electron chi connectivity index (χ1n) is 10.9. The van der Waals surface area contributed by atoms with E-state index in [1.165, 1.54) is 17.8 Å². The number of ether oxygens (including phenoxy) is 2. The van der Waals surface area contributed by atoms with Crippen molar-refractivity contribution in [2.24, 2.45) is 0 Å². The molecule has 6 rings (SSSR count). The molecule has 3 aromatic carbocycles. The number of benzene rings is 3. The molecule has 3 heterocycles. The van der Waals surface area contributed by atoms with Gasteiger partial charge in [0.25, 0.3) is 0 Å². The highest BCUT2D eigenvalue weighted by molar-refractivity contribution is 9.10. The number of thioether (sulfide) groups is 1. The number of methoxy groups -OCH3 is 1. The van der Waals surface area contributed by atoms with Crippen LogP contribution in [0.2, 0.25) is 0 Å². The number of halogens is 2. The number of para-hydroxylation sites is 1. The molecule has 0 fully saturated rings. The predicted octanol–water partition coefficient (Wildman–Crippen LogP) is 6.47. The van der Waals surface area contributed by atoms with E-state index in [-0.39, 0.29) is 5.82 Å². The minimum absolute atomic E-state index is 0.322. The van der Waals surface area contributed by atoms with Crippen molar-refractivity contribution in [2.45, 2.75) is 17.3 Å². The van der Waals surface area contributed by atoms with Crippen LogP contribution in [0.5, 0.6) is 11.5 Å². The third-order valence-corrected chi connectivity index (χ3v) is 7.25. The number of nitrogens with zero attached hydrogens (tertiary/aromatic N) is 3. The fraction of sp³-hybridized carbons (Fsp3) is 0.154. The SMILES string of the molecule is COc1ccc(Br)cc1C1Oc2ccccc2C2=C1C(c1ccccc1F)n1nc(SC)nc1N2. The number of rotatable bonds is 4. The molecular formula is C26H20BrFN4O2S. The molecule has 0 radical (unpaired) electrons. The maximum Gasteiger partial charge on any atom is 0.227 e. The lowest BCUT2D eigenvalue weighted by molar-refractivity contribution is 0.217. The van der Waals surface area contributed by atoms with Crippen molar-refractivity contribution in [1.29, 1.82) is 0 Å². The third-order valence-electron chi connectivity index (χ3n) is 6.22. The fourth-order valence-electron chi connectivity index (χ4n) is 4.71. The van der Waals surface area contributed by atoms with Crippen LogP contribution in [0.4, 0.5) is 10.3 Å². The number of nitrogens with one attached hydrogen (secondary N) is 1. The summed E-state index contributed by atoms with van der Waals surface area (Å²) in [6.07, 6.45) is 1.35. The second kappa shape index (κ2) is 8.73. The largest absolute Gasteiger partial charge is 0.496 e. The Bertz CT molecular complexity index is 1490. The minimum atomic E-state index is -0.585. The van der Waals surface area contributed by atoms with Crippen molar-refractivity contribution in [1.82, 2.24) is 14.8 Å². The van der Waals surface area contributed by atoms with Crippen LogP contribution in [0.3, 0.4) is 0 Å². The van der Waals surface area contributed by atoms with E-state index >= 15 is 4.39 Å². The molecular weight excluding hydrogens is 531 g/mol. The van der Waals surface area contributed by atoms with E-state index in [0.717, 1.165) is 32.6 Å². The Hall–Kier alpha value is -3.30. The van der Waals surface area contributed by atoms with Gasteiger partial charge in [0.05, 0.1) is 12.8 Å². The van der Waals surface area contributed by atoms with E-state index in [9.17, 15) is 0 Å². The molecule has 2 aliphatic rings. The zero-order valence-corrected chi connectivity index (χ0v) is 21.2.